The highest BCUT2D eigenvalue weighted by Crippen LogP contribution is 2.35. The van der Waals surface area contributed by atoms with Gasteiger partial charge in [0.1, 0.15) is 12.4 Å². The van der Waals surface area contributed by atoms with E-state index in [1.54, 1.807) is 30.0 Å². The molecule has 0 aliphatic carbocycles. The van der Waals surface area contributed by atoms with Gasteiger partial charge in [-0.1, -0.05) is 38.7 Å². The second-order valence-corrected chi connectivity index (χ2v) is 7.02. The number of nitrogens with one attached hydrogen (secondary N) is 1. The number of hydrogen-bond acceptors (Lipinski definition) is 6. The van der Waals surface area contributed by atoms with E-state index < -0.39 is 5.82 Å². The molecule has 2 aromatic carbocycles. The van der Waals surface area contributed by atoms with Gasteiger partial charge in [-0.05, 0) is 47.2 Å². The molecule has 3 rings (SSSR count). The maximum absolute atomic E-state index is 13.9. The van der Waals surface area contributed by atoms with Crippen LogP contribution in [0.15, 0.2) is 34.8 Å². The fraction of sp³-hybridized carbons (Fsp3) is 0.278. The van der Waals surface area contributed by atoms with Crippen molar-refractivity contribution in [2.45, 2.75) is 26.6 Å². The third-order valence-corrected chi connectivity index (χ3v) is 5.13. The molecule has 0 bridgehead atoms. The van der Waals surface area contributed by atoms with E-state index in [0.717, 1.165) is 10.0 Å². The zero-order chi connectivity index (χ0) is 20.1. The topological polar surface area (TPSA) is 74.1 Å². The van der Waals surface area contributed by atoms with Crippen molar-refractivity contribution >= 4 is 33.5 Å². The van der Waals surface area contributed by atoms with Crippen molar-refractivity contribution in [3.63, 3.8) is 0 Å². The molecule has 3 aromatic rings. The minimum atomic E-state index is -0.417. The smallest absolute Gasteiger partial charge is 0.243 e. The molecule has 0 saturated carbocycles. The van der Waals surface area contributed by atoms with Gasteiger partial charge in [-0.25, -0.2) is 9.07 Å². The van der Waals surface area contributed by atoms with Crippen LogP contribution < -0.4 is 14.8 Å². The second kappa shape index (κ2) is 9.20. The number of ether oxygens (including phenoxy) is 2. The van der Waals surface area contributed by atoms with Gasteiger partial charge in [0.05, 0.1) is 12.1 Å². The highest BCUT2D eigenvalue weighted by Gasteiger charge is 2.14. The summed E-state index contributed by atoms with van der Waals surface area (Å²) in [5.41, 5.74) is 1.21. The standard InChI is InChI=1S/C18H18BrClFN5O2/c1-3-26-18(23-24-25-26)22-9-11-7-16(27-2)17(8-13(11)19)28-10-12-14(20)5-4-6-15(12)21/h4-8H,3,9-10H2,1-2H3,(H,22,23,25). The summed E-state index contributed by atoms with van der Waals surface area (Å²) in [6.45, 7) is 3.06. The van der Waals surface area contributed by atoms with Gasteiger partial charge in [-0.2, -0.15) is 0 Å². The number of nitrogens with zero attached hydrogens (tertiary/aromatic N) is 4. The van der Waals surface area contributed by atoms with Gasteiger partial charge in [0.2, 0.25) is 5.95 Å². The average Bonchev–Trinajstić information content (AvgIpc) is 3.14. The number of anilines is 1. The number of rotatable bonds is 8. The monoisotopic (exact) mass is 469 g/mol. The molecule has 1 aromatic heterocycles. The summed E-state index contributed by atoms with van der Waals surface area (Å²) >= 11 is 9.59. The lowest BCUT2D eigenvalue weighted by atomic mass is 10.2. The molecule has 7 nitrogen and oxygen atoms in total. The van der Waals surface area contributed by atoms with E-state index in [0.29, 0.717) is 41.1 Å². The Morgan fingerprint density at radius 1 is 1.29 bits per heavy atom. The van der Waals surface area contributed by atoms with Crippen LogP contribution in [0.2, 0.25) is 5.02 Å². The van der Waals surface area contributed by atoms with Gasteiger partial charge >= 0.3 is 0 Å². The number of aromatic nitrogens is 4. The summed E-state index contributed by atoms with van der Waals surface area (Å²) in [4.78, 5) is 0. The molecule has 0 radical (unpaired) electrons. The second-order valence-electron chi connectivity index (χ2n) is 5.76. The molecule has 0 atom stereocenters. The van der Waals surface area contributed by atoms with Gasteiger partial charge in [-0.15, -0.1) is 0 Å². The molecule has 0 fully saturated rings. The predicted molar refractivity (Wildman–Crippen MR) is 107 cm³/mol. The molecule has 0 amide bonds. The Labute approximate surface area is 174 Å². The highest BCUT2D eigenvalue weighted by molar-refractivity contribution is 9.10. The number of aryl methyl sites for hydroxylation is 1. The minimum Gasteiger partial charge on any atom is -0.493 e. The Kier molecular flexibility index (Phi) is 6.69. The van der Waals surface area contributed by atoms with Crippen LogP contribution in [0.4, 0.5) is 10.3 Å². The predicted octanol–water partition coefficient (Wildman–Crippen LogP) is 4.45. The molecule has 148 valence electrons. The zero-order valence-electron chi connectivity index (χ0n) is 15.2. The number of methoxy groups -OCH3 is 1. The molecule has 0 saturated heterocycles. The Morgan fingerprint density at radius 3 is 2.82 bits per heavy atom. The quantitative estimate of drug-likeness (QED) is 0.524. The summed E-state index contributed by atoms with van der Waals surface area (Å²) in [6, 6.07) is 8.11. The van der Waals surface area contributed by atoms with Crippen LogP contribution in [0.3, 0.4) is 0 Å². The molecule has 1 N–H and O–H groups in total. The normalized spacial score (nSPS) is 10.8. The summed E-state index contributed by atoms with van der Waals surface area (Å²) in [5.74, 6) is 1.14. The molecule has 0 unspecified atom stereocenters. The Bertz CT molecular complexity index is 949. The number of hydrogen-bond donors (Lipinski definition) is 1. The van der Waals surface area contributed by atoms with Crippen LogP contribution in [0.25, 0.3) is 0 Å². The van der Waals surface area contributed by atoms with E-state index in [2.05, 4.69) is 36.8 Å². The lowest BCUT2D eigenvalue weighted by Gasteiger charge is -2.15. The van der Waals surface area contributed by atoms with E-state index in [1.807, 2.05) is 13.0 Å². The first-order valence-electron chi connectivity index (χ1n) is 8.45. The van der Waals surface area contributed by atoms with Crippen LogP contribution in [0.5, 0.6) is 11.5 Å². The molecular weight excluding hydrogens is 453 g/mol. The maximum Gasteiger partial charge on any atom is 0.243 e. The van der Waals surface area contributed by atoms with Crippen LogP contribution >= 0.6 is 27.5 Å². The maximum atomic E-state index is 13.9. The molecule has 0 aliphatic rings. The third kappa shape index (κ3) is 4.53. The van der Waals surface area contributed by atoms with Crippen LogP contribution in [-0.4, -0.2) is 27.3 Å². The van der Waals surface area contributed by atoms with Gasteiger partial charge in [-0.3, -0.25) is 0 Å². The lowest BCUT2D eigenvalue weighted by Crippen LogP contribution is -2.08. The first-order chi connectivity index (χ1) is 13.5. The van der Waals surface area contributed by atoms with Gasteiger partial charge in [0.25, 0.3) is 0 Å². The summed E-state index contributed by atoms with van der Waals surface area (Å²) < 4.78 is 27.6. The van der Waals surface area contributed by atoms with Crippen molar-refractivity contribution in [2.75, 3.05) is 12.4 Å². The van der Waals surface area contributed by atoms with E-state index in [9.17, 15) is 4.39 Å². The fourth-order valence-electron chi connectivity index (χ4n) is 2.52. The van der Waals surface area contributed by atoms with E-state index in [4.69, 9.17) is 21.1 Å². The van der Waals surface area contributed by atoms with Crippen molar-refractivity contribution in [2.24, 2.45) is 0 Å². The fourth-order valence-corrected chi connectivity index (χ4v) is 3.20. The molecule has 10 heteroatoms. The molecule has 0 aliphatic heterocycles. The van der Waals surface area contributed by atoms with Crippen molar-refractivity contribution in [3.05, 3.63) is 56.8 Å². The number of halogens is 3. The molecule has 1 heterocycles. The van der Waals surface area contributed by atoms with Crippen LogP contribution in [-0.2, 0) is 19.7 Å². The third-order valence-electron chi connectivity index (χ3n) is 4.03. The van der Waals surface area contributed by atoms with Gasteiger partial charge in [0.15, 0.2) is 11.5 Å². The van der Waals surface area contributed by atoms with Crippen molar-refractivity contribution in [1.29, 1.82) is 0 Å². The summed E-state index contributed by atoms with van der Waals surface area (Å²) in [7, 11) is 1.54. The van der Waals surface area contributed by atoms with E-state index in [-0.39, 0.29) is 6.61 Å². The first kappa shape index (κ1) is 20.3. The van der Waals surface area contributed by atoms with E-state index in [1.165, 1.54) is 6.07 Å². The Hall–Kier alpha value is -2.39. The van der Waals surface area contributed by atoms with Crippen LogP contribution in [0.1, 0.15) is 18.1 Å². The molecular formula is C18H18BrClFN5O2. The SMILES string of the molecule is CCn1nnnc1NCc1cc(OC)c(OCc2c(F)cccc2Cl)cc1Br. The van der Waals surface area contributed by atoms with Crippen LogP contribution in [0, 0.1) is 5.82 Å². The number of tetrazole rings is 1. The van der Waals surface area contributed by atoms with Gasteiger partial charge in [0, 0.05) is 23.1 Å². The summed E-state index contributed by atoms with van der Waals surface area (Å²) in [6.07, 6.45) is 0. The minimum absolute atomic E-state index is 0.0167. The summed E-state index contributed by atoms with van der Waals surface area (Å²) in [5, 5.41) is 15.0. The van der Waals surface area contributed by atoms with E-state index >= 15 is 0 Å². The molecule has 0 spiro atoms. The number of benzene rings is 2. The lowest BCUT2D eigenvalue weighted by molar-refractivity contribution is 0.279. The highest BCUT2D eigenvalue weighted by atomic mass is 79.9. The largest absolute Gasteiger partial charge is 0.493 e. The Balaban J connectivity index is 1.76. The Morgan fingerprint density at radius 2 is 2.11 bits per heavy atom. The van der Waals surface area contributed by atoms with Crippen molar-refractivity contribution in [3.8, 4) is 11.5 Å². The molecule has 28 heavy (non-hydrogen) atoms. The average molecular weight is 471 g/mol. The van der Waals surface area contributed by atoms with Gasteiger partial charge < -0.3 is 14.8 Å². The zero-order valence-corrected chi connectivity index (χ0v) is 17.6. The first-order valence-corrected chi connectivity index (χ1v) is 9.62. The van der Waals surface area contributed by atoms with Crippen molar-refractivity contribution < 1.29 is 13.9 Å². The van der Waals surface area contributed by atoms with Crippen molar-refractivity contribution in [1.82, 2.24) is 20.2 Å².